The van der Waals surface area contributed by atoms with Crippen LogP contribution in [0.15, 0.2) is 4.34 Å². The van der Waals surface area contributed by atoms with Crippen LogP contribution in [0.2, 0.25) is 0 Å². The van der Waals surface area contributed by atoms with Gasteiger partial charge in [0.2, 0.25) is 0 Å². The number of amides is 1. The molecule has 1 amide bonds. The largest absolute Gasteiger partial charge is 0.450 e. The lowest BCUT2D eigenvalue weighted by Gasteiger charge is -1.95. The van der Waals surface area contributed by atoms with Crippen LogP contribution in [0.25, 0.3) is 0 Å². The number of nitrogens with zero attached hydrogens (tertiary/aromatic N) is 2. The Labute approximate surface area is 83.6 Å². The summed E-state index contributed by atoms with van der Waals surface area (Å²) in [6, 6.07) is 0. The average molecular weight is 218 g/mol. The summed E-state index contributed by atoms with van der Waals surface area (Å²) in [5.41, 5.74) is 0. The standard InChI is InChI=1S/C6H8N3O2S2/c1-4-8-9-6(13-4)12-3-2-7-5(10)11/h7H,2-3H2,1H3. The van der Waals surface area contributed by atoms with Crippen LogP contribution in [0.1, 0.15) is 5.01 Å². The minimum atomic E-state index is -1.24. The van der Waals surface area contributed by atoms with E-state index in [0.717, 1.165) is 9.35 Å². The SMILES string of the molecule is Cc1nnc(SCCNC([O])=O)s1. The Morgan fingerprint density at radius 1 is 1.62 bits per heavy atom. The molecule has 0 unspecified atom stereocenters. The molecule has 1 rings (SSSR count). The first-order chi connectivity index (χ1) is 6.18. The van der Waals surface area contributed by atoms with E-state index in [0.29, 0.717) is 12.3 Å². The molecule has 0 spiro atoms. The quantitative estimate of drug-likeness (QED) is 0.606. The molecule has 1 aromatic rings. The maximum Gasteiger partial charge on any atom is 0.450 e. The van der Waals surface area contributed by atoms with Crippen molar-refractivity contribution in [1.29, 1.82) is 0 Å². The van der Waals surface area contributed by atoms with Crippen LogP contribution in [0, 0.1) is 6.92 Å². The highest BCUT2D eigenvalue weighted by atomic mass is 32.2. The van der Waals surface area contributed by atoms with E-state index in [9.17, 15) is 9.90 Å². The van der Waals surface area contributed by atoms with Gasteiger partial charge in [-0.25, -0.2) is 9.90 Å². The summed E-state index contributed by atoms with van der Waals surface area (Å²) in [6.07, 6.45) is -1.24. The van der Waals surface area contributed by atoms with Crippen molar-refractivity contribution in [2.24, 2.45) is 0 Å². The second kappa shape index (κ2) is 5.03. The number of aryl methyl sites for hydroxylation is 1. The van der Waals surface area contributed by atoms with E-state index in [4.69, 9.17) is 0 Å². The van der Waals surface area contributed by atoms with E-state index in [2.05, 4.69) is 15.5 Å². The third-order valence-electron chi connectivity index (χ3n) is 1.10. The third kappa shape index (κ3) is 4.09. The molecule has 1 N–H and O–H groups in total. The monoisotopic (exact) mass is 218 g/mol. The average Bonchev–Trinajstić information content (AvgIpc) is 2.45. The summed E-state index contributed by atoms with van der Waals surface area (Å²) >= 11 is 2.97. The first-order valence-corrected chi connectivity index (χ1v) is 5.36. The molecule has 1 radical (unpaired) electrons. The summed E-state index contributed by atoms with van der Waals surface area (Å²) in [4.78, 5) is 9.96. The highest BCUT2D eigenvalue weighted by Crippen LogP contribution is 2.20. The van der Waals surface area contributed by atoms with Gasteiger partial charge in [0.05, 0.1) is 0 Å². The summed E-state index contributed by atoms with van der Waals surface area (Å²) in [5, 5.41) is 20.7. The molecule has 7 heteroatoms. The molecule has 0 aliphatic heterocycles. The Bertz CT molecular complexity index is 289. The van der Waals surface area contributed by atoms with Gasteiger partial charge in [-0.1, -0.05) is 23.1 Å². The number of hydrogen-bond donors (Lipinski definition) is 1. The van der Waals surface area contributed by atoms with E-state index in [1.165, 1.54) is 23.1 Å². The Morgan fingerprint density at radius 2 is 2.38 bits per heavy atom. The van der Waals surface area contributed by atoms with Crippen LogP contribution in [-0.4, -0.2) is 28.6 Å². The van der Waals surface area contributed by atoms with Gasteiger partial charge in [-0.05, 0) is 6.92 Å². The van der Waals surface area contributed by atoms with E-state index in [-0.39, 0.29) is 0 Å². The Morgan fingerprint density at radius 3 is 2.92 bits per heavy atom. The molecule has 0 saturated heterocycles. The smallest absolute Gasteiger partial charge is 0.318 e. The number of carbonyl (C=O) groups is 1. The minimum Gasteiger partial charge on any atom is -0.318 e. The molecule has 0 bridgehead atoms. The number of aromatic nitrogens is 2. The van der Waals surface area contributed by atoms with Gasteiger partial charge >= 0.3 is 6.09 Å². The lowest BCUT2D eigenvalue weighted by molar-refractivity contribution is 0.169. The third-order valence-corrected chi connectivity index (χ3v) is 3.08. The normalized spacial score (nSPS) is 9.92. The summed E-state index contributed by atoms with van der Waals surface area (Å²) < 4.78 is 0.859. The molecule has 0 saturated carbocycles. The van der Waals surface area contributed by atoms with Crippen LogP contribution in [0.5, 0.6) is 0 Å². The topological polar surface area (TPSA) is 74.8 Å². The van der Waals surface area contributed by atoms with Crippen LogP contribution < -0.4 is 5.32 Å². The molecule has 0 fully saturated rings. The molecule has 0 aromatic carbocycles. The zero-order valence-electron chi connectivity index (χ0n) is 6.94. The highest BCUT2D eigenvalue weighted by Gasteiger charge is 2.01. The number of nitrogens with one attached hydrogen (secondary N) is 1. The van der Waals surface area contributed by atoms with E-state index in [1.807, 2.05) is 6.92 Å². The fraction of sp³-hybridized carbons (Fsp3) is 0.500. The fourth-order valence-corrected chi connectivity index (χ4v) is 2.37. The lowest BCUT2D eigenvalue weighted by Crippen LogP contribution is -2.22. The lowest BCUT2D eigenvalue weighted by atomic mass is 10.7. The number of hydrogen-bond acceptors (Lipinski definition) is 5. The molecular weight excluding hydrogens is 210 g/mol. The van der Waals surface area contributed by atoms with E-state index >= 15 is 0 Å². The van der Waals surface area contributed by atoms with Gasteiger partial charge in [-0.15, -0.1) is 10.2 Å². The molecule has 1 heterocycles. The zero-order chi connectivity index (χ0) is 9.68. The van der Waals surface area contributed by atoms with Crippen molar-refractivity contribution in [3.05, 3.63) is 5.01 Å². The second-order valence-corrected chi connectivity index (χ2v) is 4.67. The molecular formula is C6H8N3O2S2. The van der Waals surface area contributed by atoms with Crippen molar-refractivity contribution in [2.75, 3.05) is 12.3 Å². The van der Waals surface area contributed by atoms with Crippen molar-refractivity contribution in [3.8, 4) is 0 Å². The van der Waals surface area contributed by atoms with Gasteiger partial charge < -0.3 is 5.32 Å². The fourth-order valence-electron chi connectivity index (χ4n) is 0.628. The van der Waals surface area contributed by atoms with E-state index in [1.54, 1.807) is 0 Å². The second-order valence-electron chi connectivity index (χ2n) is 2.15. The van der Waals surface area contributed by atoms with Gasteiger partial charge in [0.15, 0.2) is 4.34 Å². The molecule has 1 aromatic heterocycles. The molecule has 0 atom stereocenters. The Balaban J connectivity index is 2.16. The summed E-state index contributed by atoms with van der Waals surface area (Å²) in [5.74, 6) is 0.641. The van der Waals surface area contributed by atoms with Gasteiger partial charge in [-0.3, -0.25) is 0 Å². The Hall–Kier alpha value is -0.820. The number of thioether (sulfide) groups is 1. The van der Waals surface area contributed by atoms with Crippen molar-refractivity contribution >= 4 is 29.2 Å². The van der Waals surface area contributed by atoms with Gasteiger partial charge in [-0.2, -0.15) is 0 Å². The molecule has 0 aliphatic rings. The van der Waals surface area contributed by atoms with Crippen LogP contribution in [0.3, 0.4) is 0 Å². The van der Waals surface area contributed by atoms with Crippen molar-refractivity contribution in [2.45, 2.75) is 11.3 Å². The number of rotatable bonds is 4. The maximum atomic E-state index is 9.96. The highest BCUT2D eigenvalue weighted by molar-refractivity contribution is 8.01. The first kappa shape index (κ1) is 10.3. The Kier molecular flexibility index (Phi) is 3.97. The number of carbonyl (C=O) groups excluding carboxylic acids is 1. The summed E-state index contributed by atoms with van der Waals surface area (Å²) in [7, 11) is 0. The minimum absolute atomic E-state index is 0.367. The molecule has 71 valence electrons. The van der Waals surface area contributed by atoms with Gasteiger partial charge in [0, 0.05) is 12.3 Å². The summed E-state index contributed by atoms with van der Waals surface area (Å²) in [6.45, 7) is 2.24. The molecule has 5 nitrogen and oxygen atoms in total. The van der Waals surface area contributed by atoms with Crippen LogP contribution in [-0.2, 0) is 5.11 Å². The van der Waals surface area contributed by atoms with Crippen molar-refractivity contribution < 1.29 is 9.90 Å². The van der Waals surface area contributed by atoms with Crippen molar-refractivity contribution in [3.63, 3.8) is 0 Å². The molecule has 13 heavy (non-hydrogen) atoms. The van der Waals surface area contributed by atoms with Gasteiger partial charge in [0.1, 0.15) is 5.01 Å². The zero-order valence-corrected chi connectivity index (χ0v) is 8.57. The predicted octanol–water partition coefficient (Wildman–Crippen LogP) is 1.08. The predicted molar refractivity (Wildman–Crippen MR) is 49.5 cm³/mol. The van der Waals surface area contributed by atoms with Crippen LogP contribution in [0.4, 0.5) is 4.79 Å². The maximum absolute atomic E-state index is 9.96. The van der Waals surface area contributed by atoms with Gasteiger partial charge in [0.25, 0.3) is 0 Å². The van der Waals surface area contributed by atoms with Crippen LogP contribution >= 0.6 is 23.1 Å². The van der Waals surface area contributed by atoms with E-state index < -0.39 is 6.09 Å². The first-order valence-electron chi connectivity index (χ1n) is 3.56. The molecule has 0 aliphatic carbocycles. The van der Waals surface area contributed by atoms with Crippen molar-refractivity contribution in [1.82, 2.24) is 15.5 Å².